The van der Waals surface area contributed by atoms with Gasteiger partial charge in [-0.3, -0.25) is 0 Å². The highest BCUT2D eigenvalue weighted by Gasteiger charge is 2.22. The summed E-state index contributed by atoms with van der Waals surface area (Å²) in [5.74, 6) is -1.93. The van der Waals surface area contributed by atoms with Crippen LogP contribution < -0.4 is 5.73 Å². The average molecular weight is 298 g/mol. The Hall–Kier alpha value is -1.49. The van der Waals surface area contributed by atoms with E-state index in [0.717, 1.165) is 23.8 Å². The minimum atomic E-state index is -1.09. The fourth-order valence-electron chi connectivity index (χ4n) is 2.14. The monoisotopic (exact) mass is 297 g/mol. The van der Waals surface area contributed by atoms with Crippen LogP contribution in [0.4, 0.5) is 8.78 Å². The number of rotatable bonds is 4. The van der Waals surface area contributed by atoms with Crippen LogP contribution in [0.25, 0.3) is 0 Å². The van der Waals surface area contributed by atoms with E-state index in [1.807, 2.05) is 0 Å². The molecule has 0 aliphatic carbocycles. The number of halogens is 3. The second-order valence-electron chi connectivity index (χ2n) is 4.54. The second kappa shape index (κ2) is 6.31. The van der Waals surface area contributed by atoms with E-state index in [0.29, 0.717) is 5.02 Å². The molecule has 0 aliphatic heterocycles. The lowest BCUT2D eigenvalue weighted by Gasteiger charge is -2.22. The SMILES string of the molecule is NCC(c1ccc(Cl)cc1)C(O)c1cc(F)cc(F)c1. The predicted molar refractivity (Wildman–Crippen MR) is 74.6 cm³/mol. The van der Waals surface area contributed by atoms with E-state index < -0.39 is 23.7 Å². The van der Waals surface area contributed by atoms with E-state index in [-0.39, 0.29) is 12.1 Å². The maximum absolute atomic E-state index is 13.2. The maximum Gasteiger partial charge on any atom is 0.126 e. The number of aliphatic hydroxyl groups excluding tert-OH is 1. The van der Waals surface area contributed by atoms with Crippen LogP contribution in [0.1, 0.15) is 23.1 Å². The van der Waals surface area contributed by atoms with Crippen LogP contribution in [-0.2, 0) is 0 Å². The first-order valence-corrected chi connectivity index (χ1v) is 6.48. The van der Waals surface area contributed by atoms with E-state index in [4.69, 9.17) is 17.3 Å². The zero-order chi connectivity index (χ0) is 14.7. The van der Waals surface area contributed by atoms with Crippen LogP contribution in [0.15, 0.2) is 42.5 Å². The normalized spacial score (nSPS) is 14.1. The third kappa shape index (κ3) is 3.33. The van der Waals surface area contributed by atoms with Crippen molar-refractivity contribution in [2.45, 2.75) is 12.0 Å². The molecule has 2 aromatic rings. The topological polar surface area (TPSA) is 46.2 Å². The molecule has 0 spiro atoms. The summed E-state index contributed by atoms with van der Waals surface area (Å²) in [5.41, 5.74) is 6.60. The van der Waals surface area contributed by atoms with Crippen LogP contribution in [0.3, 0.4) is 0 Å². The molecule has 5 heteroatoms. The summed E-state index contributed by atoms with van der Waals surface area (Å²) in [6.45, 7) is 0.140. The number of aliphatic hydroxyl groups is 1. The zero-order valence-corrected chi connectivity index (χ0v) is 11.3. The summed E-state index contributed by atoms with van der Waals surface area (Å²) < 4.78 is 26.4. The molecule has 0 aliphatic rings. The summed E-state index contributed by atoms with van der Waals surface area (Å²) in [5, 5.41) is 10.9. The van der Waals surface area contributed by atoms with Crippen molar-refractivity contribution in [3.63, 3.8) is 0 Å². The third-order valence-electron chi connectivity index (χ3n) is 3.16. The molecule has 3 N–H and O–H groups in total. The fraction of sp³-hybridized carbons (Fsp3) is 0.200. The summed E-state index contributed by atoms with van der Waals surface area (Å²) in [6, 6.07) is 9.79. The van der Waals surface area contributed by atoms with Crippen molar-refractivity contribution in [1.82, 2.24) is 0 Å². The fourth-order valence-corrected chi connectivity index (χ4v) is 2.26. The van der Waals surface area contributed by atoms with Gasteiger partial charge in [0.15, 0.2) is 0 Å². The van der Waals surface area contributed by atoms with Crippen LogP contribution in [-0.4, -0.2) is 11.7 Å². The van der Waals surface area contributed by atoms with Gasteiger partial charge >= 0.3 is 0 Å². The Morgan fingerprint density at radius 3 is 2.05 bits per heavy atom. The number of hydrogen-bond acceptors (Lipinski definition) is 2. The van der Waals surface area contributed by atoms with Gasteiger partial charge in [0.2, 0.25) is 0 Å². The Labute approximate surface area is 120 Å². The zero-order valence-electron chi connectivity index (χ0n) is 10.6. The van der Waals surface area contributed by atoms with E-state index in [2.05, 4.69) is 0 Å². The second-order valence-corrected chi connectivity index (χ2v) is 4.98. The van der Waals surface area contributed by atoms with Crippen molar-refractivity contribution in [2.75, 3.05) is 6.54 Å². The Kier molecular flexibility index (Phi) is 4.70. The standard InChI is InChI=1S/C15H14ClF2NO/c16-11-3-1-9(2-4-11)14(8-19)15(20)10-5-12(17)7-13(18)6-10/h1-7,14-15,20H,8,19H2. The Bertz CT molecular complexity index is 569. The lowest BCUT2D eigenvalue weighted by molar-refractivity contribution is 0.146. The molecule has 0 aromatic heterocycles. The van der Waals surface area contributed by atoms with Crippen molar-refractivity contribution in [3.05, 3.63) is 70.2 Å². The van der Waals surface area contributed by atoms with Crippen molar-refractivity contribution in [1.29, 1.82) is 0 Å². The quantitative estimate of drug-likeness (QED) is 0.908. The first-order valence-electron chi connectivity index (χ1n) is 6.11. The minimum absolute atomic E-state index is 0.140. The van der Waals surface area contributed by atoms with Crippen LogP contribution in [0.2, 0.25) is 5.02 Å². The smallest absolute Gasteiger partial charge is 0.126 e. The van der Waals surface area contributed by atoms with Gasteiger partial charge in [-0.15, -0.1) is 0 Å². The molecule has 0 saturated heterocycles. The Morgan fingerprint density at radius 1 is 1.00 bits per heavy atom. The van der Waals surface area contributed by atoms with Gasteiger partial charge in [0.25, 0.3) is 0 Å². The van der Waals surface area contributed by atoms with Gasteiger partial charge in [-0.05, 0) is 35.4 Å². The molecule has 20 heavy (non-hydrogen) atoms. The molecular formula is C15H14ClF2NO. The average Bonchev–Trinajstić information content (AvgIpc) is 2.40. The molecule has 0 heterocycles. The first kappa shape index (κ1) is 14.9. The molecule has 106 valence electrons. The molecule has 2 aromatic carbocycles. The Morgan fingerprint density at radius 2 is 1.55 bits per heavy atom. The number of benzene rings is 2. The third-order valence-corrected chi connectivity index (χ3v) is 3.41. The number of nitrogens with two attached hydrogens (primary N) is 1. The summed E-state index contributed by atoms with van der Waals surface area (Å²) in [4.78, 5) is 0. The molecule has 2 unspecified atom stereocenters. The molecular weight excluding hydrogens is 284 g/mol. The molecule has 0 bridgehead atoms. The van der Waals surface area contributed by atoms with Gasteiger partial charge < -0.3 is 10.8 Å². The molecule has 2 nitrogen and oxygen atoms in total. The van der Waals surface area contributed by atoms with Gasteiger partial charge in [-0.2, -0.15) is 0 Å². The highest BCUT2D eigenvalue weighted by atomic mass is 35.5. The van der Waals surface area contributed by atoms with Crippen LogP contribution in [0.5, 0.6) is 0 Å². The molecule has 0 saturated carbocycles. The van der Waals surface area contributed by atoms with E-state index in [9.17, 15) is 13.9 Å². The molecule has 0 fully saturated rings. The predicted octanol–water partition coefficient (Wildman–Crippen LogP) is 3.39. The largest absolute Gasteiger partial charge is 0.388 e. The van der Waals surface area contributed by atoms with Gasteiger partial charge in [0, 0.05) is 23.6 Å². The van der Waals surface area contributed by atoms with E-state index in [1.54, 1.807) is 24.3 Å². The van der Waals surface area contributed by atoms with Crippen molar-refractivity contribution >= 4 is 11.6 Å². The summed E-state index contributed by atoms with van der Waals surface area (Å²) in [6.07, 6.45) is -1.09. The van der Waals surface area contributed by atoms with Crippen LogP contribution >= 0.6 is 11.6 Å². The summed E-state index contributed by atoms with van der Waals surface area (Å²) >= 11 is 5.80. The van der Waals surface area contributed by atoms with Gasteiger partial charge in [-0.1, -0.05) is 23.7 Å². The Balaban J connectivity index is 2.33. The van der Waals surface area contributed by atoms with E-state index in [1.165, 1.54) is 0 Å². The molecule has 0 radical (unpaired) electrons. The molecule has 2 rings (SSSR count). The van der Waals surface area contributed by atoms with Crippen molar-refractivity contribution in [3.8, 4) is 0 Å². The minimum Gasteiger partial charge on any atom is -0.388 e. The highest BCUT2D eigenvalue weighted by Crippen LogP contribution is 2.31. The van der Waals surface area contributed by atoms with Crippen LogP contribution in [0, 0.1) is 11.6 Å². The maximum atomic E-state index is 13.2. The summed E-state index contributed by atoms with van der Waals surface area (Å²) in [7, 11) is 0. The van der Waals surface area contributed by atoms with Gasteiger partial charge in [0.1, 0.15) is 11.6 Å². The molecule has 0 amide bonds. The lowest BCUT2D eigenvalue weighted by atomic mass is 9.89. The van der Waals surface area contributed by atoms with Crippen molar-refractivity contribution in [2.24, 2.45) is 5.73 Å². The van der Waals surface area contributed by atoms with Gasteiger partial charge in [-0.25, -0.2) is 8.78 Å². The lowest BCUT2D eigenvalue weighted by Crippen LogP contribution is -2.20. The van der Waals surface area contributed by atoms with E-state index >= 15 is 0 Å². The first-order chi connectivity index (χ1) is 9.51. The highest BCUT2D eigenvalue weighted by molar-refractivity contribution is 6.30. The number of hydrogen-bond donors (Lipinski definition) is 2. The van der Waals surface area contributed by atoms with Crippen molar-refractivity contribution < 1.29 is 13.9 Å². The molecule has 2 atom stereocenters. The van der Waals surface area contributed by atoms with Gasteiger partial charge in [0.05, 0.1) is 6.10 Å².